The van der Waals surface area contributed by atoms with Gasteiger partial charge in [-0.2, -0.15) is 5.26 Å². The number of hydrogen-bond acceptors (Lipinski definition) is 4. The van der Waals surface area contributed by atoms with E-state index in [0.29, 0.717) is 17.7 Å². The first-order chi connectivity index (χ1) is 10.2. The molecule has 106 valence electrons. The SMILES string of the molecule is C=CC[C@@H](O)c1ccncc1-c1ccc(C#N)c(OC)c1. The normalized spacial score (nSPS) is 11.5. The molecule has 1 atom stereocenters. The largest absolute Gasteiger partial charge is 0.495 e. The fraction of sp³-hybridized carbons (Fsp3) is 0.176. The molecule has 4 nitrogen and oxygen atoms in total. The van der Waals surface area contributed by atoms with Crippen LogP contribution < -0.4 is 4.74 Å². The number of benzene rings is 1. The molecule has 0 saturated carbocycles. The van der Waals surface area contributed by atoms with Gasteiger partial charge in [-0.05, 0) is 35.7 Å². The van der Waals surface area contributed by atoms with Gasteiger partial charge in [-0.3, -0.25) is 4.98 Å². The maximum Gasteiger partial charge on any atom is 0.137 e. The molecule has 4 heteroatoms. The molecule has 1 aromatic carbocycles. The minimum Gasteiger partial charge on any atom is -0.495 e. The first kappa shape index (κ1) is 14.8. The van der Waals surface area contributed by atoms with E-state index in [1.54, 1.807) is 36.7 Å². The number of hydrogen-bond donors (Lipinski definition) is 1. The number of ether oxygens (including phenoxy) is 1. The second-order valence-electron chi connectivity index (χ2n) is 4.53. The third-order valence-electron chi connectivity index (χ3n) is 3.24. The molecule has 0 aliphatic heterocycles. The summed E-state index contributed by atoms with van der Waals surface area (Å²) in [7, 11) is 1.52. The number of aliphatic hydroxyl groups is 1. The van der Waals surface area contributed by atoms with Crippen molar-refractivity contribution in [2.24, 2.45) is 0 Å². The number of aliphatic hydroxyl groups excluding tert-OH is 1. The van der Waals surface area contributed by atoms with Gasteiger partial charge in [0.05, 0.1) is 18.8 Å². The van der Waals surface area contributed by atoms with Crippen molar-refractivity contribution in [2.45, 2.75) is 12.5 Å². The van der Waals surface area contributed by atoms with Gasteiger partial charge in [0.15, 0.2) is 0 Å². The van der Waals surface area contributed by atoms with Gasteiger partial charge in [0, 0.05) is 18.0 Å². The Morgan fingerprint density at radius 3 is 2.95 bits per heavy atom. The van der Waals surface area contributed by atoms with Crippen LogP contribution in [0.1, 0.15) is 23.7 Å². The highest BCUT2D eigenvalue weighted by molar-refractivity contribution is 5.70. The Morgan fingerprint density at radius 1 is 1.48 bits per heavy atom. The maximum absolute atomic E-state index is 10.2. The fourth-order valence-electron chi connectivity index (χ4n) is 2.17. The van der Waals surface area contributed by atoms with Gasteiger partial charge in [-0.1, -0.05) is 12.1 Å². The molecule has 0 bridgehead atoms. The van der Waals surface area contributed by atoms with Gasteiger partial charge in [0.1, 0.15) is 11.8 Å². The molecule has 1 aromatic heterocycles. The number of rotatable bonds is 5. The molecule has 2 aromatic rings. The molecule has 0 aliphatic carbocycles. The van der Waals surface area contributed by atoms with Gasteiger partial charge in [-0.15, -0.1) is 6.58 Å². The van der Waals surface area contributed by atoms with E-state index in [2.05, 4.69) is 17.6 Å². The van der Waals surface area contributed by atoms with E-state index in [4.69, 9.17) is 10.00 Å². The Balaban J connectivity index is 2.52. The average molecular weight is 280 g/mol. The molecule has 21 heavy (non-hydrogen) atoms. The van der Waals surface area contributed by atoms with Crippen molar-refractivity contribution in [1.82, 2.24) is 4.98 Å². The summed E-state index contributed by atoms with van der Waals surface area (Å²) in [5.41, 5.74) is 2.90. The predicted molar refractivity (Wildman–Crippen MR) is 80.7 cm³/mol. The first-order valence-electron chi connectivity index (χ1n) is 6.52. The smallest absolute Gasteiger partial charge is 0.137 e. The highest BCUT2D eigenvalue weighted by Crippen LogP contribution is 2.32. The molecule has 0 aliphatic rings. The fourth-order valence-corrected chi connectivity index (χ4v) is 2.17. The Bertz CT molecular complexity index is 689. The standard InChI is InChI=1S/C17H16N2O2/c1-3-4-16(20)14-7-8-19-11-15(14)12-5-6-13(10-18)17(9-12)21-2/h3,5-9,11,16,20H,1,4H2,2H3/t16-/m1/s1. The van der Waals surface area contributed by atoms with E-state index in [1.165, 1.54) is 7.11 Å². The first-order valence-corrected chi connectivity index (χ1v) is 6.52. The summed E-state index contributed by atoms with van der Waals surface area (Å²) in [5.74, 6) is 0.503. The molecule has 1 heterocycles. The summed E-state index contributed by atoms with van der Waals surface area (Å²) in [6.07, 6.45) is 4.84. The van der Waals surface area contributed by atoms with Gasteiger partial charge in [0.2, 0.25) is 0 Å². The summed E-state index contributed by atoms with van der Waals surface area (Å²) in [4.78, 5) is 4.12. The van der Waals surface area contributed by atoms with E-state index in [9.17, 15) is 5.11 Å². The predicted octanol–water partition coefficient (Wildman–Crippen LogP) is 3.24. The lowest BCUT2D eigenvalue weighted by Gasteiger charge is -2.14. The van der Waals surface area contributed by atoms with Crippen LogP contribution in [0.25, 0.3) is 11.1 Å². The maximum atomic E-state index is 10.2. The summed E-state index contributed by atoms with van der Waals surface area (Å²) < 4.78 is 5.22. The minimum atomic E-state index is -0.637. The Hall–Kier alpha value is -2.64. The third-order valence-corrected chi connectivity index (χ3v) is 3.24. The number of nitriles is 1. The molecular weight excluding hydrogens is 264 g/mol. The molecule has 0 spiro atoms. The number of pyridine rings is 1. The van der Waals surface area contributed by atoms with Crippen molar-refractivity contribution >= 4 is 0 Å². The third kappa shape index (κ3) is 3.10. The average Bonchev–Trinajstić information content (AvgIpc) is 2.54. The zero-order valence-corrected chi connectivity index (χ0v) is 11.8. The van der Waals surface area contributed by atoms with E-state index < -0.39 is 6.10 Å². The van der Waals surface area contributed by atoms with Crippen LogP contribution in [0.2, 0.25) is 0 Å². The lowest BCUT2D eigenvalue weighted by atomic mass is 9.96. The van der Waals surface area contributed by atoms with Crippen molar-refractivity contribution < 1.29 is 9.84 Å². The molecule has 0 saturated heterocycles. The minimum absolute atomic E-state index is 0.463. The van der Waals surface area contributed by atoms with Gasteiger partial charge in [0.25, 0.3) is 0 Å². The van der Waals surface area contributed by atoms with E-state index in [-0.39, 0.29) is 0 Å². The molecule has 2 rings (SSSR count). The van der Waals surface area contributed by atoms with Crippen molar-refractivity contribution in [1.29, 1.82) is 5.26 Å². The Kier molecular flexibility index (Phi) is 4.70. The summed E-state index contributed by atoms with van der Waals surface area (Å²) >= 11 is 0. The van der Waals surface area contributed by atoms with Gasteiger partial charge < -0.3 is 9.84 Å². The molecular formula is C17H16N2O2. The lowest BCUT2D eigenvalue weighted by Crippen LogP contribution is -2.00. The molecule has 0 amide bonds. The monoisotopic (exact) mass is 280 g/mol. The topological polar surface area (TPSA) is 66.1 Å². The van der Waals surface area contributed by atoms with Crippen LogP contribution in [0.3, 0.4) is 0 Å². The van der Waals surface area contributed by atoms with Crippen LogP contribution in [0.15, 0.2) is 49.3 Å². The molecule has 0 fully saturated rings. The number of methoxy groups -OCH3 is 1. The summed E-state index contributed by atoms with van der Waals surface area (Å²) in [6, 6.07) is 9.16. The van der Waals surface area contributed by atoms with Gasteiger partial charge in [-0.25, -0.2) is 0 Å². The second-order valence-corrected chi connectivity index (χ2v) is 4.53. The Labute approximate surface area is 124 Å². The van der Waals surface area contributed by atoms with Crippen LogP contribution in [0.5, 0.6) is 5.75 Å². The van der Waals surface area contributed by atoms with Crippen LogP contribution in [0.4, 0.5) is 0 Å². The highest BCUT2D eigenvalue weighted by atomic mass is 16.5. The zero-order chi connectivity index (χ0) is 15.2. The van der Waals surface area contributed by atoms with Crippen molar-refractivity contribution in [2.75, 3.05) is 7.11 Å². The van der Waals surface area contributed by atoms with Crippen molar-refractivity contribution in [3.05, 3.63) is 60.4 Å². The second kappa shape index (κ2) is 6.69. The van der Waals surface area contributed by atoms with Crippen LogP contribution in [0, 0.1) is 11.3 Å². The zero-order valence-electron chi connectivity index (χ0n) is 11.8. The number of nitrogens with zero attached hydrogens (tertiary/aromatic N) is 2. The van der Waals surface area contributed by atoms with Crippen molar-refractivity contribution in [3.8, 4) is 22.9 Å². The van der Waals surface area contributed by atoms with Crippen LogP contribution in [-0.4, -0.2) is 17.2 Å². The Morgan fingerprint density at radius 2 is 2.29 bits per heavy atom. The molecule has 0 unspecified atom stereocenters. The van der Waals surface area contributed by atoms with E-state index >= 15 is 0 Å². The van der Waals surface area contributed by atoms with Crippen LogP contribution in [-0.2, 0) is 0 Å². The highest BCUT2D eigenvalue weighted by Gasteiger charge is 2.14. The summed E-state index contributed by atoms with van der Waals surface area (Å²) in [5, 5.41) is 19.2. The van der Waals surface area contributed by atoms with Crippen molar-refractivity contribution in [3.63, 3.8) is 0 Å². The molecule has 1 N–H and O–H groups in total. The lowest BCUT2D eigenvalue weighted by molar-refractivity contribution is 0.182. The molecule has 0 radical (unpaired) electrons. The van der Waals surface area contributed by atoms with Crippen LogP contribution >= 0.6 is 0 Å². The summed E-state index contributed by atoms with van der Waals surface area (Å²) in [6.45, 7) is 3.65. The number of aromatic nitrogens is 1. The van der Waals surface area contributed by atoms with Gasteiger partial charge >= 0.3 is 0 Å². The quantitative estimate of drug-likeness (QED) is 0.854. The van der Waals surface area contributed by atoms with E-state index in [0.717, 1.165) is 16.7 Å². The van der Waals surface area contributed by atoms with E-state index in [1.807, 2.05) is 6.07 Å².